The number of anilines is 1. The molecule has 170 valence electrons. The van der Waals surface area contributed by atoms with Crippen molar-refractivity contribution in [2.24, 2.45) is 0 Å². The summed E-state index contributed by atoms with van der Waals surface area (Å²) in [5.74, 6) is 1.35. The molecule has 0 spiro atoms. The van der Waals surface area contributed by atoms with Gasteiger partial charge in [-0.1, -0.05) is 47.7 Å². The lowest BCUT2D eigenvalue weighted by molar-refractivity contribution is -0.113. The van der Waals surface area contributed by atoms with Crippen molar-refractivity contribution in [1.29, 1.82) is 5.26 Å². The molecule has 0 aliphatic carbocycles. The SMILES string of the molecule is CCOc1ccc(-n2c(SCC(=O)Nc3ccccc3C#N)nnc2-c2cccc(C)c2)cc1. The number of hydrogen-bond donors (Lipinski definition) is 1. The lowest BCUT2D eigenvalue weighted by Crippen LogP contribution is -2.15. The minimum atomic E-state index is -0.231. The topological polar surface area (TPSA) is 92.8 Å². The molecule has 0 unspecified atom stereocenters. The molecule has 1 heterocycles. The fraction of sp³-hybridized carbons (Fsp3) is 0.154. The number of carbonyl (C=O) groups is 1. The van der Waals surface area contributed by atoms with Gasteiger partial charge in [-0.05, 0) is 56.3 Å². The number of carbonyl (C=O) groups excluding carboxylic acids is 1. The number of para-hydroxylation sites is 1. The predicted molar refractivity (Wildman–Crippen MR) is 133 cm³/mol. The fourth-order valence-corrected chi connectivity index (χ4v) is 4.18. The second-order valence-electron chi connectivity index (χ2n) is 7.43. The van der Waals surface area contributed by atoms with Crippen molar-refractivity contribution in [3.8, 4) is 28.9 Å². The second-order valence-corrected chi connectivity index (χ2v) is 8.37. The van der Waals surface area contributed by atoms with E-state index in [2.05, 4.69) is 27.6 Å². The van der Waals surface area contributed by atoms with Crippen molar-refractivity contribution >= 4 is 23.4 Å². The van der Waals surface area contributed by atoms with Gasteiger partial charge in [-0.15, -0.1) is 10.2 Å². The van der Waals surface area contributed by atoms with Gasteiger partial charge >= 0.3 is 0 Å². The monoisotopic (exact) mass is 469 g/mol. The maximum absolute atomic E-state index is 12.6. The first-order chi connectivity index (χ1) is 16.6. The Bertz CT molecular complexity index is 1340. The summed E-state index contributed by atoms with van der Waals surface area (Å²) in [4.78, 5) is 12.6. The minimum absolute atomic E-state index is 0.114. The Labute approximate surface area is 202 Å². The summed E-state index contributed by atoms with van der Waals surface area (Å²) in [5, 5.41) is 21.5. The molecule has 0 aliphatic heterocycles. The van der Waals surface area contributed by atoms with Crippen molar-refractivity contribution in [2.45, 2.75) is 19.0 Å². The number of rotatable bonds is 8. The van der Waals surface area contributed by atoms with E-state index in [9.17, 15) is 10.1 Å². The molecule has 4 aromatic rings. The van der Waals surface area contributed by atoms with Crippen LogP contribution < -0.4 is 10.1 Å². The van der Waals surface area contributed by atoms with Gasteiger partial charge in [-0.25, -0.2) is 0 Å². The van der Waals surface area contributed by atoms with Gasteiger partial charge in [0, 0.05) is 11.3 Å². The van der Waals surface area contributed by atoms with Crippen LogP contribution >= 0.6 is 11.8 Å². The Kier molecular flexibility index (Phi) is 7.25. The molecule has 0 bridgehead atoms. The van der Waals surface area contributed by atoms with Crippen LogP contribution in [0.15, 0.2) is 78.0 Å². The van der Waals surface area contributed by atoms with E-state index in [1.165, 1.54) is 11.8 Å². The molecule has 0 saturated carbocycles. The molecule has 3 aromatic carbocycles. The average molecular weight is 470 g/mol. The molecule has 4 rings (SSSR count). The Hall–Kier alpha value is -4.09. The molecule has 0 radical (unpaired) electrons. The Balaban J connectivity index is 1.62. The van der Waals surface area contributed by atoms with Gasteiger partial charge in [-0.3, -0.25) is 9.36 Å². The number of nitriles is 1. The summed E-state index contributed by atoms with van der Waals surface area (Å²) in [5.41, 5.74) is 3.82. The van der Waals surface area contributed by atoms with Crippen molar-refractivity contribution in [1.82, 2.24) is 14.8 Å². The largest absolute Gasteiger partial charge is 0.494 e. The zero-order valence-electron chi connectivity index (χ0n) is 18.9. The maximum atomic E-state index is 12.6. The van der Waals surface area contributed by atoms with E-state index in [4.69, 9.17) is 4.74 Å². The smallest absolute Gasteiger partial charge is 0.234 e. The lowest BCUT2D eigenvalue weighted by Gasteiger charge is -2.12. The number of ether oxygens (including phenoxy) is 1. The van der Waals surface area contributed by atoms with Gasteiger partial charge in [0.2, 0.25) is 5.91 Å². The van der Waals surface area contributed by atoms with E-state index in [-0.39, 0.29) is 11.7 Å². The van der Waals surface area contributed by atoms with Gasteiger partial charge in [0.05, 0.1) is 23.6 Å². The number of aryl methyl sites for hydroxylation is 1. The number of hydrogen-bond acceptors (Lipinski definition) is 6. The summed E-state index contributed by atoms with van der Waals surface area (Å²) in [6.45, 7) is 4.56. The van der Waals surface area contributed by atoms with Crippen LogP contribution in [0.2, 0.25) is 0 Å². The number of nitrogens with zero attached hydrogens (tertiary/aromatic N) is 4. The van der Waals surface area contributed by atoms with Crippen LogP contribution in [-0.4, -0.2) is 33.0 Å². The highest BCUT2D eigenvalue weighted by atomic mass is 32.2. The quantitative estimate of drug-likeness (QED) is 0.355. The molecule has 1 N–H and O–H groups in total. The van der Waals surface area contributed by atoms with Crippen molar-refractivity contribution < 1.29 is 9.53 Å². The van der Waals surface area contributed by atoms with Crippen molar-refractivity contribution in [3.63, 3.8) is 0 Å². The number of thioether (sulfide) groups is 1. The van der Waals surface area contributed by atoms with Crippen molar-refractivity contribution in [2.75, 3.05) is 17.7 Å². The summed E-state index contributed by atoms with van der Waals surface area (Å²) in [7, 11) is 0. The molecule has 1 amide bonds. The van der Waals surface area contributed by atoms with Crippen LogP contribution in [0, 0.1) is 18.3 Å². The predicted octanol–water partition coefficient (Wildman–Crippen LogP) is 5.24. The molecule has 0 aliphatic rings. The first-order valence-electron chi connectivity index (χ1n) is 10.8. The first-order valence-corrected chi connectivity index (χ1v) is 11.7. The van der Waals surface area contributed by atoms with Crippen LogP contribution in [0.5, 0.6) is 5.75 Å². The number of benzene rings is 3. The second kappa shape index (κ2) is 10.7. The Morgan fingerprint density at radius 1 is 1.09 bits per heavy atom. The lowest BCUT2D eigenvalue weighted by atomic mass is 10.1. The van der Waals surface area contributed by atoms with Crippen LogP contribution in [0.25, 0.3) is 17.1 Å². The Morgan fingerprint density at radius 2 is 1.88 bits per heavy atom. The van der Waals surface area contributed by atoms with Crippen LogP contribution in [-0.2, 0) is 4.79 Å². The van der Waals surface area contributed by atoms with Crippen LogP contribution in [0.3, 0.4) is 0 Å². The molecule has 8 heteroatoms. The summed E-state index contributed by atoms with van der Waals surface area (Å²) >= 11 is 1.28. The molecule has 7 nitrogen and oxygen atoms in total. The van der Waals surface area contributed by atoms with Gasteiger partial charge in [-0.2, -0.15) is 5.26 Å². The number of aromatic nitrogens is 3. The third-order valence-corrected chi connectivity index (χ3v) is 5.90. The van der Waals surface area contributed by atoms with Gasteiger partial charge in [0.15, 0.2) is 11.0 Å². The molecule has 0 fully saturated rings. The fourth-order valence-electron chi connectivity index (χ4n) is 3.43. The zero-order chi connectivity index (χ0) is 23.9. The van der Waals surface area contributed by atoms with Crippen LogP contribution in [0.1, 0.15) is 18.1 Å². The highest BCUT2D eigenvalue weighted by Gasteiger charge is 2.18. The van der Waals surface area contributed by atoms with Crippen molar-refractivity contribution in [3.05, 3.63) is 83.9 Å². The third-order valence-electron chi connectivity index (χ3n) is 4.97. The summed E-state index contributed by atoms with van der Waals surface area (Å²) in [6.07, 6.45) is 0. The molecule has 1 aromatic heterocycles. The minimum Gasteiger partial charge on any atom is -0.494 e. The van der Waals surface area contributed by atoms with E-state index < -0.39 is 0 Å². The molecule has 0 atom stereocenters. The van der Waals surface area contributed by atoms with E-state index in [0.717, 1.165) is 22.6 Å². The van der Waals surface area contributed by atoms with E-state index in [0.29, 0.717) is 28.8 Å². The average Bonchev–Trinajstić information content (AvgIpc) is 3.28. The number of nitrogens with one attached hydrogen (secondary N) is 1. The van der Waals surface area contributed by atoms with Gasteiger partial charge < -0.3 is 10.1 Å². The normalized spacial score (nSPS) is 10.5. The highest BCUT2D eigenvalue weighted by Crippen LogP contribution is 2.29. The summed E-state index contributed by atoms with van der Waals surface area (Å²) in [6, 6.07) is 24.7. The van der Waals surface area contributed by atoms with Gasteiger partial charge in [0.1, 0.15) is 11.8 Å². The third kappa shape index (κ3) is 5.27. The van der Waals surface area contributed by atoms with Crippen LogP contribution in [0.4, 0.5) is 5.69 Å². The first kappa shape index (κ1) is 23.1. The standard InChI is InChI=1S/C26H23N5O2S/c1-3-33-22-13-11-21(12-14-22)31-25(19-9-6-7-18(2)15-19)29-30-26(31)34-17-24(32)28-23-10-5-4-8-20(23)16-27/h4-15H,3,17H2,1-2H3,(H,28,32). The highest BCUT2D eigenvalue weighted by molar-refractivity contribution is 7.99. The maximum Gasteiger partial charge on any atom is 0.234 e. The summed E-state index contributed by atoms with van der Waals surface area (Å²) < 4.78 is 7.51. The molecular formula is C26H23N5O2S. The zero-order valence-corrected chi connectivity index (χ0v) is 19.7. The molecular weight excluding hydrogens is 446 g/mol. The Morgan fingerprint density at radius 3 is 2.62 bits per heavy atom. The van der Waals surface area contributed by atoms with E-state index in [1.807, 2.05) is 60.9 Å². The van der Waals surface area contributed by atoms with E-state index in [1.54, 1.807) is 24.3 Å². The molecule has 0 saturated heterocycles. The van der Waals surface area contributed by atoms with Gasteiger partial charge in [0.25, 0.3) is 0 Å². The molecule has 34 heavy (non-hydrogen) atoms. The number of amides is 1. The van der Waals surface area contributed by atoms with E-state index >= 15 is 0 Å².